The van der Waals surface area contributed by atoms with E-state index in [9.17, 15) is 15.0 Å². The molecule has 0 bridgehead atoms. The summed E-state index contributed by atoms with van der Waals surface area (Å²) in [4.78, 5) is 11.2. The summed E-state index contributed by atoms with van der Waals surface area (Å²) in [5.41, 5.74) is -1.94. The van der Waals surface area contributed by atoms with E-state index in [-0.39, 0.29) is 18.6 Å². The number of hydrogen-bond acceptors (Lipinski definition) is 3. The average molecular weight is 174 g/mol. The van der Waals surface area contributed by atoms with Gasteiger partial charge in [-0.25, -0.2) is 0 Å². The highest BCUT2D eigenvalue weighted by Crippen LogP contribution is 2.14. The number of hydrogen-bond donors (Lipinski definition) is 2. The maximum absolute atomic E-state index is 11.2. The van der Waals surface area contributed by atoms with Crippen molar-refractivity contribution in [1.29, 1.82) is 0 Å². The van der Waals surface area contributed by atoms with Crippen LogP contribution in [0.4, 0.5) is 0 Å². The molecule has 0 aliphatic rings. The van der Waals surface area contributed by atoms with E-state index in [0.29, 0.717) is 0 Å². The molecule has 0 atom stereocenters. The van der Waals surface area contributed by atoms with E-state index in [1.54, 1.807) is 27.7 Å². The predicted molar refractivity (Wildman–Crippen MR) is 46.8 cm³/mol. The maximum Gasteiger partial charge on any atom is 0.138 e. The highest BCUT2D eigenvalue weighted by Gasteiger charge is 2.23. The first-order valence-corrected chi connectivity index (χ1v) is 4.07. The Labute approximate surface area is 73.4 Å². The van der Waals surface area contributed by atoms with Crippen LogP contribution in [0.1, 0.15) is 40.5 Å². The van der Waals surface area contributed by atoms with Gasteiger partial charge in [0.05, 0.1) is 11.2 Å². The van der Waals surface area contributed by atoms with Crippen LogP contribution in [0.25, 0.3) is 0 Å². The molecule has 0 aliphatic carbocycles. The largest absolute Gasteiger partial charge is 0.390 e. The SMILES string of the molecule is CC(C)(O)CC(=O)CC(C)(C)O. The number of Topliss-reactive ketones (excluding diaryl/α,β-unsaturated/α-hetero) is 1. The van der Waals surface area contributed by atoms with Gasteiger partial charge in [-0.3, -0.25) is 4.79 Å². The summed E-state index contributed by atoms with van der Waals surface area (Å²) < 4.78 is 0. The zero-order valence-corrected chi connectivity index (χ0v) is 8.22. The lowest BCUT2D eigenvalue weighted by Gasteiger charge is -2.20. The molecule has 0 fully saturated rings. The second-order valence-electron chi connectivity index (χ2n) is 4.52. The first kappa shape index (κ1) is 11.6. The van der Waals surface area contributed by atoms with Crippen LogP contribution in [0.2, 0.25) is 0 Å². The van der Waals surface area contributed by atoms with Gasteiger partial charge in [-0.2, -0.15) is 0 Å². The van der Waals surface area contributed by atoms with Crippen LogP contribution in [0.3, 0.4) is 0 Å². The van der Waals surface area contributed by atoms with Crippen LogP contribution >= 0.6 is 0 Å². The molecular formula is C9H18O3. The minimum absolute atomic E-state index is 0.0942. The Bertz CT molecular complexity index is 142. The van der Waals surface area contributed by atoms with Crippen molar-refractivity contribution < 1.29 is 15.0 Å². The molecule has 0 saturated heterocycles. The van der Waals surface area contributed by atoms with Crippen molar-refractivity contribution in [3.8, 4) is 0 Å². The molecule has 0 heterocycles. The average Bonchev–Trinajstić information content (AvgIpc) is 1.49. The zero-order chi connectivity index (χ0) is 9.99. The fourth-order valence-electron chi connectivity index (χ4n) is 1.03. The van der Waals surface area contributed by atoms with Gasteiger partial charge in [0.15, 0.2) is 0 Å². The van der Waals surface area contributed by atoms with Crippen LogP contribution in [0.5, 0.6) is 0 Å². The smallest absolute Gasteiger partial charge is 0.138 e. The molecule has 0 aliphatic heterocycles. The van der Waals surface area contributed by atoms with Gasteiger partial charge in [0, 0.05) is 12.8 Å². The summed E-state index contributed by atoms with van der Waals surface area (Å²) in [6, 6.07) is 0. The number of carbonyl (C=O) groups is 1. The minimum Gasteiger partial charge on any atom is -0.390 e. The summed E-state index contributed by atoms with van der Waals surface area (Å²) in [5, 5.41) is 18.6. The van der Waals surface area contributed by atoms with Gasteiger partial charge in [-0.15, -0.1) is 0 Å². The van der Waals surface area contributed by atoms with Gasteiger partial charge < -0.3 is 10.2 Å². The van der Waals surface area contributed by atoms with Gasteiger partial charge >= 0.3 is 0 Å². The minimum atomic E-state index is -0.970. The summed E-state index contributed by atoms with van der Waals surface area (Å²) >= 11 is 0. The third-order valence-corrected chi connectivity index (χ3v) is 1.26. The molecule has 0 radical (unpaired) electrons. The molecule has 0 aromatic heterocycles. The van der Waals surface area contributed by atoms with E-state index in [1.807, 2.05) is 0 Å². The first-order valence-electron chi connectivity index (χ1n) is 4.07. The van der Waals surface area contributed by atoms with E-state index in [0.717, 1.165) is 0 Å². The van der Waals surface area contributed by atoms with Gasteiger partial charge in [-0.1, -0.05) is 0 Å². The van der Waals surface area contributed by atoms with E-state index < -0.39 is 11.2 Å². The Balaban J connectivity index is 3.92. The lowest BCUT2D eigenvalue weighted by atomic mass is 9.94. The molecule has 2 N–H and O–H groups in total. The third kappa shape index (κ3) is 7.69. The third-order valence-electron chi connectivity index (χ3n) is 1.26. The van der Waals surface area contributed by atoms with Crippen molar-refractivity contribution in [2.24, 2.45) is 0 Å². The van der Waals surface area contributed by atoms with Crippen LogP contribution in [0, 0.1) is 0 Å². The first-order chi connectivity index (χ1) is 5.10. The number of carbonyl (C=O) groups excluding carboxylic acids is 1. The summed E-state index contributed by atoms with van der Waals surface area (Å²) in [6.07, 6.45) is 0.188. The van der Waals surface area contributed by atoms with Crippen LogP contribution in [-0.2, 0) is 4.79 Å². The van der Waals surface area contributed by atoms with Crippen molar-refractivity contribution in [2.45, 2.75) is 51.7 Å². The maximum atomic E-state index is 11.2. The van der Waals surface area contributed by atoms with Crippen molar-refractivity contribution in [1.82, 2.24) is 0 Å². The van der Waals surface area contributed by atoms with Crippen molar-refractivity contribution in [3.05, 3.63) is 0 Å². The molecular weight excluding hydrogens is 156 g/mol. The number of rotatable bonds is 4. The summed E-state index contributed by atoms with van der Waals surface area (Å²) in [6.45, 7) is 6.31. The molecule has 3 nitrogen and oxygen atoms in total. The molecule has 3 heteroatoms. The molecule has 0 aromatic rings. The van der Waals surface area contributed by atoms with Gasteiger partial charge in [0.25, 0.3) is 0 Å². The Morgan fingerprint density at radius 3 is 1.42 bits per heavy atom. The fraction of sp³-hybridized carbons (Fsp3) is 0.889. The topological polar surface area (TPSA) is 57.5 Å². The molecule has 0 spiro atoms. The lowest BCUT2D eigenvalue weighted by Crippen LogP contribution is -2.29. The lowest BCUT2D eigenvalue weighted by molar-refractivity contribution is -0.126. The predicted octanol–water partition coefficient (Wildman–Crippen LogP) is 0.877. The standard InChI is InChI=1S/C9H18O3/c1-8(2,11)5-7(10)6-9(3,4)12/h11-12H,5-6H2,1-4H3. The second-order valence-corrected chi connectivity index (χ2v) is 4.52. The summed E-state index contributed by atoms with van der Waals surface area (Å²) in [7, 11) is 0. The monoisotopic (exact) mass is 174 g/mol. The number of aliphatic hydroxyl groups is 2. The number of ketones is 1. The fourth-order valence-corrected chi connectivity index (χ4v) is 1.03. The highest BCUT2D eigenvalue weighted by atomic mass is 16.3. The zero-order valence-electron chi connectivity index (χ0n) is 8.22. The Morgan fingerprint density at radius 1 is 1.00 bits per heavy atom. The highest BCUT2D eigenvalue weighted by molar-refractivity contribution is 5.80. The quantitative estimate of drug-likeness (QED) is 0.665. The summed E-state index contributed by atoms with van der Waals surface area (Å²) in [5.74, 6) is -0.116. The molecule has 0 aromatic carbocycles. The van der Waals surface area contributed by atoms with Crippen molar-refractivity contribution in [2.75, 3.05) is 0 Å². The molecule has 72 valence electrons. The van der Waals surface area contributed by atoms with Crippen molar-refractivity contribution in [3.63, 3.8) is 0 Å². The van der Waals surface area contributed by atoms with Gasteiger partial charge in [0.1, 0.15) is 5.78 Å². The molecule has 12 heavy (non-hydrogen) atoms. The van der Waals surface area contributed by atoms with E-state index in [4.69, 9.17) is 0 Å². The van der Waals surface area contributed by atoms with Crippen LogP contribution in [-0.4, -0.2) is 27.2 Å². The van der Waals surface area contributed by atoms with E-state index >= 15 is 0 Å². The van der Waals surface area contributed by atoms with Crippen LogP contribution in [0.15, 0.2) is 0 Å². The Kier molecular flexibility index (Phi) is 3.42. The van der Waals surface area contributed by atoms with E-state index in [1.165, 1.54) is 0 Å². The second kappa shape index (κ2) is 3.54. The Hall–Kier alpha value is -0.410. The molecule has 0 unspecified atom stereocenters. The molecule has 0 saturated carbocycles. The van der Waals surface area contributed by atoms with Crippen LogP contribution < -0.4 is 0 Å². The Morgan fingerprint density at radius 2 is 1.25 bits per heavy atom. The normalized spacial score (nSPS) is 13.2. The van der Waals surface area contributed by atoms with E-state index in [2.05, 4.69) is 0 Å². The van der Waals surface area contributed by atoms with Gasteiger partial charge in [0.2, 0.25) is 0 Å². The molecule has 0 rings (SSSR count). The van der Waals surface area contributed by atoms with Crippen molar-refractivity contribution >= 4 is 5.78 Å². The molecule has 0 amide bonds. The van der Waals surface area contributed by atoms with Gasteiger partial charge in [-0.05, 0) is 27.7 Å².